The van der Waals surface area contributed by atoms with Crippen molar-refractivity contribution >= 4 is 17.7 Å². The first-order chi connectivity index (χ1) is 14.1. The zero-order valence-corrected chi connectivity index (χ0v) is 17.9. The van der Waals surface area contributed by atoms with Crippen LogP contribution in [0.3, 0.4) is 0 Å². The molecule has 2 saturated heterocycles. The van der Waals surface area contributed by atoms with Crippen LogP contribution in [0.25, 0.3) is 0 Å². The van der Waals surface area contributed by atoms with Gasteiger partial charge in [0.2, 0.25) is 17.7 Å². The molecule has 3 amide bonds. The number of hydrogen-bond acceptors (Lipinski definition) is 7. The second-order valence-corrected chi connectivity index (χ2v) is 8.84. The molecule has 3 atom stereocenters. The minimum Gasteiger partial charge on any atom is -0.391 e. The van der Waals surface area contributed by atoms with Gasteiger partial charge in [0.15, 0.2) is 0 Å². The Bertz CT molecular complexity index is 804. The van der Waals surface area contributed by atoms with Crippen LogP contribution in [0, 0.1) is 5.41 Å². The molecule has 1 aromatic heterocycles. The molecule has 0 bridgehead atoms. The zero-order valence-electron chi connectivity index (χ0n) is 17.9. The first-order valence-corrected chi connectivity index (χ1v) is 10.1. The number of aliphatic hydroxyl groups is 1. The summed E-state index contributed by atoms with van der Waals surface area (Å²) >= 11 is 0. The number of amides is 3. The third kappa shape index (κ3) is 4.62. The zero-order chi connectivity index (χ0) is 22.1. The topological polar surface area (TPSA) is 130 Å². The molecule has 2 fully saturated rings. The molecule has 0 aliphatic carbocycles. The fourth-order valence-electron chi connectivity index (χ4n) is 3.94. The van der Waals surface area contributed by atoms with Gasteiger partial charge in [-0.15, -0.1) is 5.10 Å². The van der Waals surface area contributed by atoms with Crippen LogP contribution >= 0.6 is 0 Å². The van der Waals surface area contributed by atoms with Gasteiger partial charge in [-0.1, -0.05) is 26.0 Å². The molecule has 1 aromatic rings. The molecule has 11 heteroatoms. The molecule has 3 rings (SSSR count). The fourth-order valence-corrected chi connectivity index (χ4v) is 3.94. The Labute approximate surface area is 175 Å². The molecule has 2 aliphatic heterocycles. The average Bonchev–Trinajstić information content (AvgIpc) is 3.28. The standard InChI is InChI=1S/C19H30N6O5/c1-19(2,3)16(18(29)24-10-13(26)7-14(24)17(28)20-4)25-9-12(21-22-25)8-23-5-6-30-11-15(23)27/h9,13-14,16,26H,5-8,10-11H2,1-4H3,(H,20,28)/t13?,14?,16-/m1/s1. The van der Waals surface area contributed by atoms with Crippen LogP contribution in [-0.4, -0.2) is 93.1 Å². The average molecular weight is 422 g/mol. The van der Waals surface area contributed by atoms with Crippen LogP contribution in [0.1, 0.15) is 38.9 Å². The van der Waals surface area contributed by atoms with Gasteiger partial charge in [-0.3, -0.25) is 14.4 Å². The van der Waals surface area contributed by atoms with Crippen molar-refractivity contribution in [3.63, 3.8) is 0 Å². The van der Waals surface area contributed by atoms with Gasteiger partial charge in [0.05, 0.1) is 25.5 Å². The highest BCUT2D eigenvalue weighted by atomic mass is 16.5. The molecular formula is C19H30N6O5. The molecule has 11 nitrogen and oxygen atoms in total. The summed E-state index contributed by atoms with van der Waals surface area (Å²) in [6.45, 7) is 7.10. The van der Waals surface area contributed by atoms with E-state index in [9.17, 15) is 19.5 Å². The summed E-state index contributed by atoms with van der Waals surface area (Å²) in [6.07, 6.45) is 1.11. The Kier molecular flexibility index (Phi) is 6.41. The summed E-state index contributed by atoms with van der Waals surface area (Å²) < 4.78 is 6.63. The lowest BCUT2D eigenvalue weighted by molar-refractivity contribution is -0.144. The maximum atomic E-state index is 13.5. The van der Waals surface area contributed by atoms with Gasteiger partial charge < -0.3 is 25.0 Å². The van der Waals surface area contributed by atoms with Gasteiger partial charge >= 0.3 is 0 Å². The second-order valence-electron chi connectivity index (χ2n) is 8.84. The molecule has 166 valence electrons. The molecular weight excluding hydrogens is 392 g/mol. The number of nitrogens with zero attached hydrogens (tertiary/aromatic N) is 5. The summed E-state index contributed by atoms with van der Waals surface area (Å²) in [7, 11) is 1.51. The van der Waals surface area contributed by atoms with Crippen LogP contribution in [-0.2, 0) is 25.7 Å². The van der Waals surface area contributed by atoms with Gasteiger partial charge in [-0.05, 0) is 5.41 Å². The maximum absolute atomic E-state index is 13.5. The molecule has 0 aromatic carbocycles. The Hall–Kier alpha value is -2.53. The third-order valence-electron chi connectivity index (χ3n) is 5.42. The van der Waals surface area contributed by atoms with E-state index in [1.807, 2.05) is 20.8 Å². The van der Waals surface area contributed by atoms with E-state index >= 15 is 0 Å². The Balaban J connectivity index is 1.83. The number of aromatic nitrogens is 3. The Morgan fingerprint density at radius 3 is 2.77 bits per heavy atom. The second kappa shape index (κ2) is 8.68. The number of likely N-dealkylation sites (N-methyl/N-ethyl adjacent to an activating group) is 1. The van der Waals surface area contributed by atoms with E-state index < -0.39 is 23.6 Å². The number of ether oxygens (including phenoxy) is 1. The first kappa shape index (κ1) is 22.2. The molecule has 30 heavy (non-hydrogen) atoms. The van der Waals surface area contributed by atoms with Crippen molar-refractivity contribution < 1.29 is 24.2 Å². The highest BCUT2D eigenvalue weighted by Gasteiger charge is 2.45. The van der Waals surface area contributed by atoms with Crippen LogP contribution in [0.15, 0.2) is 6.20 Å². The highest BCUT2D eigenvalue weighted by molar-refractivity contribution is 5.90. The van der Waals surface area contributed by atoms with Crippen LogP contribution in [0.2, 0.25) is 0 Å². The van der Waals surface area contributed by atoms with Gasteiger partial charge in [0.1, 0.15) is 24.4 Å². The van der Waals surface area contributed by atoms with Crippen molar-refractivity contribution in [2.45, 2.75) is 51.9 Å². The lowest BCUT2D eigenvalue weighted by Gasteiger charge is -2.34. The van der Waals surface area contributed by atoms with Crippen molar-refractivity contribution in [2.24, 2.45) is 5.41 Å². The molecule has 2 aliphatic rings. The summed E-state index contributed by atoms with van der Waals surface area (Å²) in [5.74, 6) is -0.720. The van der Waals surface area contributed by atoms with Gasteiger partial charge in [-0.25, -0.2) is 4.68 Å². The largest absolute Gasteiger partial charge is 0.391 e. The third-order valence-corrected chi connectivity index (χ3v) is 5.42. The Morgan fingerprint density at radius 2 is 2.13 bits per heavy atom. The van der Waals surface area contributed by atoms with Crippen molar-refractivity contribution in [3.05, 3.63) is 11.9 Å². The van der Waals surface area contributed by atoms with E-state index in [0.29, 0.717) is 18.8 Å². The summed E-state index contributed by atoms with van der Waals surface area (Å²) in [5, 5.41) is 20.9. The van der Waals surface area contributed by atoms with Crippen molar-refractivity contribution in [3.8, 4) is 0 Å². The summed E-state index contributed by atoms with van der Waals surface area (Å²) in [5.41, 5.74) is 0.0362. The van der Waals surface area contributed by atoms with Crippen LogP contribution < -0.4 is 5.32 Å². The monoisotopic (exact) mass is 422 g/mol. The van der Waals surface area contributed by atoms with Crippen LogP contribution in [0.4, 0.5) is 0 Å². The lowest BCUT2D eigenvalue weighted by atomic mass is 9.85. The number of carbonyl (C=O) groups is 3. The number of nitrogens with one attached hydrogen (secondary N) is 1. The number of aliphatic hydroxyl groups excluding tert-OH is 1. The molecule has 0 saturated carbocycles. The lowest BCUT2D eigenvalue weighted by Crippen LogP contribution is -2.49. The predicted octanol–water partition coefficient (Wildman–Crippen LogP) is -1.07. The van der Waals surface area contributed by atoms with E-state index in [2.05, 4.69) is 15.6 Å². The van der Waals surface area contributed by atoms with Crippen molar-refractivity contribution in [1.29, 1.82) is 0 Å². The molecule has 3 heterocycles. The fraction of sp³-hybridized carbons (Fsp3) is 0.737. The van der Waals surface area contributed by atoms with Gasteiger partial charge in [-0.2, -0.15) is 0 Å². The van der Waals surface area contributed by atoms with Crippen molar-refractivity contribution in [2.75, 3.05) is 33.4 Å². The molecule has 2 unspecified atom stereocenters. The Morgan fingerprint density at radius 1 is 1.40 bits per heavy atom. The van der Waals surface area contributed by atoms with Crippen LogP contribution in [0.5, 0.6) is 0 Å². The normalized spacial score (nSPS) is 23.6. The summed E-state index contributed by atoms with van der Waals surface area (Å²) in [6, 6.07) is -1.45. The minimum absolute atomic E-state index is 0.0510. The number of likely N-dealkylation sites (tertiary alicyclic amines) is 1. The molecule has 0 spiro atoms. The van der Waals surface area contributed by atoms with E-state index in [1.54, 1.807) is 11.1 Å². The van der Waals surface area contributed by atoms with Gasteiger partial charge in [0, 0.05) is 26.6 Å². The quantitative estimate of drug-likeness (QED) is 0.618. The van der Waals surface area contributed by atoms with E-state index in [0.717, 1.165) is 0 Å². The number of rotatable bonds is 5. The van der Waals surface area contributed by atoms with E-state index in [-0.39, 0.29) is 43.8 Å². The highest BCUT2D eigenvalue weighted by Crippen LogP contribution is 2.34. The number of hydrogen-bond donors (Lipinski definition) is 2. The molecule has 0 radical (unpaired) electrons. The van der Waals surface area contributed by atoms with E-state index in [4.69, 9.17) is 4.74 Å². The number of morpholine rings is 1. The van der Waals surface area contributed by atoms with E-state index in [1.165, 1.54) is 16.6 Å². The predicted molar refractivity (Wildman–Crippen MR) is 105 cm³/mol. The summed E-state index contributed by atoms with van der Waals surface area (Å²) in [4.78, 5) is 40.8. The number of β-amino-alcohol motifs (C(OH)–C–C–N with tert-alkyl or cyclic N) is 1. The maximum Gasteiger partial charge on any atom is 0.249 e. The minimum atomic E-state index is -0.754. The van der Waals surface area contributed by atoms with Crippen molar-refractivity contribution in [1.82, 2.24) is 30.1 Å². The number of carbonyl (C=O) groups excluding carboxylic acids is 3. The molecule has 2 N–H and O–H groups in total. The first-order valence-electron chi connectivity index (χ1n) is 10.1. The smallest absolute Gasteiger partial charge is 0.249 e. The van der Waals surface area contributed by atoms with Gasteiger partial charge in [0.25, 0.3) is 0 Å². The SMILES string of the molecule is CNC(=O)C1CC(O)CN1C(=O)[C@@H](n1cc(CN2CCOCC2=O)nn1)C(C)(C)C.